The minimum Gasteiger partial charge on any atom is -0.389 e. The summed E-state index contributed by atoms with van der Waals surface area (Å²) in [4.78, 5) is 16.7. The summed E-state index contributed by atoms with van der Waals surface area (Å²) in [6.07, 6.45) is 2.49. The second-order valence-electron chi connectivity index (χ2n) is 7.91. The molecule has 0 atom stereocenters. The molecule has 1 heterocycles. The van der Waals surface area contributed by atoms with Gasteiger partial charge in [-0.15, -0.1) is 0 Å². The lowest BCUT2D eigenvalue weighted by molar-refractivity contribution is 0.0445. The van der Waals surface area contributed by atoms with Gasteiger partial charge in [-0.2, -0.15) is 0 Å². The van der Waals surface area contributed by atoms with Crippen molar-refractivity contribution in [3.05, 3.63) is 35.9 Å². The third-order valence-corrected chi connectivity index (χ3v) is 4.66. The van der Waals surface area contributed by atoms with E-state index in [2.05, 4.69) is 17.1 Å². The number of aliphatic hydroxyl groups is 1. The number of urea groups is 1. The molecular formula is C20H33N3O2. The molecule has 1 aromatic rings. The molecule has 25 heavy (non-hydrogen) atoms. The minimum absolute atomic E-state index is 0.114. The normalized spacial score (nSPS) is 16.6. The van der Waals surface area contributed by atoms with Crippen LogP contribution in [0.4, 0.5) is 4.79 Å². The number of carbonyl (C=O) groups excluding carboxylic acids is 1. The standard InChI is InChI=1S/C20H33N3O2/c1-17-9-12-22(13-10-17)14-11-21-19(24)23(16-20(2,3)25)15-18-7-5-4-6-8-18/h4-8,17,25H,9-16H2,1-3H3,(H,21,24). The zero-order valence-corrected chi connectivity index (χ0v) is 15.9. The molecule has 2 N–H and O–H groups in total. The first-order valence-electron chi connectivity index (χ1n) is 9.35. The van der Waals surface area contributed by atoms with Crippen LogP contribution in [-0.2, 0) is 6.54 Å². The van der Waals surface area contributed by atoms with Crippen molar-refractivity contribution in [1.29, 1.82) is 0 Å². The molecule has 1 aliphatic rings. The Bertz CT molecular complexity index is 519. The lowest BCUT2D eigenvalue weighted by Gasteiger charge is -2.31. The first kappa shape index (κ1) is 19.7. The van der Waals surface area contributed by atoms with Crippen molar-refractivity contribution in [2.75, 3.05) is 32.7 Å². The maximum atomic E-state index is 12.6. The van der Waals surface area contributed by atoms with E-state index in [9.17, 15) is 9.90 Å². The van der Waals surface area contributed by atoms with Crippen molar-refractivity contribution >= 4 is 6.03 Å². The number of hydrogen-bond donors (Lipinski definition) is 2. The van der Waals surface area contributed by atoms with Crippen LogP contribution in [0.2, 0.25) is 0 Å². The van der Waals surface area contributed by atoms with Gasteiger partial charge in [0.25, 0.3) is 0 Å². The summed E-state index contributed by atoms with van der Waals surface area (Å²) in [6, 6.07) is 9.78. The average Bonchev–Trinajstić information content (AvgIpc) is 2.56. The molecule has 0 spiro atoms. The fraction of sp³-hybridized carbons (Fsp3) is 0.650. The second-order valence-corrected chi connectivity index (χ2v) is 7.91. The lowest BCUT2D eigenvalue weighted by Crippen LogP contribution is -2.48. The molecule has 2 amide bonds. The van der Waals surface area contributed by atoms with E-state index in [0.29, 0.717) is 19.6 Å². The molecule has 0 bridgehead atoms. The zero-order valence-electron chi connectivity index (χ0n) is 15.9. The van der Waals surface area contributed by atoms with E-state index >= 15 is 0 Å². The first-order chi connectivity index (χ1) is 11.8. The first-order valence-corrected chi connectivity index (χ1v) is 9.35. The van der Waals surface area contributed by atoms with E-state index in [-0.39, 0.29) is 6.03 Å². The number of nitrogens with zero attached hydrogens (tertiary/aromatic N) is 2. The van der Waals surface area contributed by atoms with E-state index in [0.717, 1.165) is 31.1 Å². The predicted octanol–water partition coefficient (Wildman–Crippen LogP) is 2.70. The molecule has 0 aliphatic carbocycles. The largest absolute Gasteiger partial charge is 0.389 e. The topological polar surface area (TPSA) is 55.8 Å². The molecule has 1 saturated heterocycles. The molecular weight excluding hydrogens is 314 g/mol. The molecule has 0 aromatic heterocycles. The van der Waals surface area contributed by atoms with Crippen LogP contribution < -0.4 is 5.32 Å². The predicted molar refractivity (Wildman–Crippen MR) is 101 cm³/mol. The number of likely N-dealkylation sites (tertiary alicyclic amines) is 1. The van der Waals surface area contributed by atoms with E-state index in [1.807, 2.05) is 30.3 Å². The van der Waals surface area contributed by atoms with Gasteiger partial charge in [0.2, 0.25) is 0 Å². The van der Waals surface area contributed by atoms with Crippen molar-refractivity contribution in [1.82, 2.24) is 15.1 Å². The molecule has 0 unspecified atom stereocenters. The summed E-state index contributed by atoms with van der Waals surface area (Å²) in [6.45, 7) is 10.3. The van der Waals surface area contributed by atoms with Gasteiger partial charge in [-0.05, 0) is 51.3 Å². The van der Waals surface area contributed by atoms with Crippen LogP contribution >= 0.6 is 0 Å². The molecule has 140 valence electrons. The smallest absolute Gasteiger partial charge is 0.317 e. The fourth-order valence-electron chi connectivity index (χ4n) is 3.19. The number of carbonyl (C=O) groups is 1. The Morgan fingerprint density at radius 1 is 1.28 bits per heavy atom. The minimum atomic E-state index is -0.921. The summed E-state index contributed by atoms with van der Waals surface area (Å²) in [5, 5.41) is 13.2. The van der Waals surface area contributed by atoms with Gasteiger partial charge >= 0.3 is 6.03 Å². The van der Waals surface area contributed by atoms with Crippen molar-refractivity contribution in [3.63, 3.8) is 0 Å². The third-order valence-electron chi connectivity index (χ3n) is 4.66. The number of rotatable bonds is 7. The highest BCUT2D eigenvalue weighted by atomic mass is 16.3. The summed E-state index contributed by atoms with van der Waals surface area (Å²) in [5.41, 5.74) is 0.140. The van der Waals surface area contributed by atoms with Crippen LogP contribution in [-0.4, -0.2) is 59.3 Å². The Morgan fingerprint density at radius 3 is 2.52 bits per heavy atom. The van der Waals surface area contributed by atoms with Gasteiger partial charge in [0.15, 0.2) is 0 Å². The quantitative estimate of drug-likeness (QED) is 0.797. The second kappa shape index (κ2) is 9.20. The third kappa shape index (κ3) is 7.45. The Hall–Kier alpha value is -1.59. The highest BCUT2D eigenvalue weighted by Gasteiger charge is 2.23. The molecule has 2 rings (SSSR count). The SMILES string of the molecule is CC1CCN(CCNC(=O)N(Cc2ccccc2)CC(C)(C)O)CC1. The molecule has 0 saturated carbocycles. The maximum absolute atomic E-state index is 12.6. The molecule has 5 heteroatoms. The summed E-state index contributed by atoms with van der Waals surface area (Å²) in [7, 11) is 0. The molecule has 0 radical (unpaired) electrons. The number of amides is 2. The van der Waals surface area contributed by atoms with Gasteiger partial charge in [-0.1, -0.05) is 37.3 Å². The molecule has 5 nitrogen and oxygen atoms in total. The van der Waals surface area contributed by atoms with Crippen LogP contribution in [0.15, 0.2) is 30.3 Å². The monoisotopic (exact) mass is 347 g/mol. The Balaban J connectivity index is 1.84. The average molecular weight is 348 g/mol. The number of piperidine rings is 1. The Kier molecular flexibility index (Phi) is 7.26. The van der Waals surface area contributed by atoms with Gasteiger partial charge in [-0.3, -0.25) is 0 Å². The van der Waals surface area contributed by atoms with Crippen LogP contribution in [0.5, 0.6) is 0 Å². The van der Waals surface area contributed by atoms with Crippen LogP contribution in [0.1, 0.15) is 39.2 Å². The summed E-state index contributed by atoms with van der Waals surface area (Å²) < 4.78 is 0. The summed E-state index contributed by atoms with van der Waals surface area (Å²) in [5.74, 6) is 0.819. The number of nitrogens with one attached hydrogen (secondary N) is 1. The number of benzene rings is 1. The van der Waals surface area contributed by atoms with Gasteiger partial charge in [-0.25, -0.2) is 4.79 Å². The highest BCUT2D eigenvalue weighted by Crippen LogP contribution is 2.15. The van der Waals surface area contributed by atoms with Gasteiger partial charge < -0.3 is 20.2 Å². The highest BCUT2D eigenvalue weighted by molar-refractivity contribution is 5.74. The van der Waals surface area contributed by atoms with Gasteiger partial charge in [0.05, 0.1) is 12.1 Å². The van der Waals surface area contributed by atoms with Crippen molar-refractivity contribution < 1.29 is 9.90 Å². The van der Waals surface area contributed by atoms with Crippen LogP contribution in [0, 0.1) is 5.92 Å². The van der Waals surface area contributed by atoms with Crippen LogP contribution in [0.3, 0.4) is 0 Å². The summed E-state index contributed by atoms with van der Waals surface area (Å²) >= 11 is 0. The van der Waals surface area contributed by atoms with Crippen LogP contribution in [0.25, 0.3) is 0 Å². The lowest BCUT2D eigenvalue weighted by atomic mass is 9.99. The molecule has 1 fully saturated rings. The van der Waals surface area contributed by atoms with Gasteiger partial charge in [0.1, 0.15) is 0 Å². The van der Waals surface area contributed by atoms with Gasteiger partial charge in [0, 0.05) is 19.6 Å². The molecule has 1 aliphatic heterocycles. The fourth-order valence-corrected chi connectivity index (χ4v) is 3.19. The Morgan fingerprint density at radius 2 is 1.92 bits per heavy atom. The maximum Gasteiger partial charge on any atom is 0.317 e. The molecule has 1 aromatic carbocycles. The van der Waals surface area contributed by atoms with E-state index in [1.165, 1.54) is 12.8 Å². The van der Waals surface area contributed by atoms with E-state index < -0.39 is 5.60 Å². The Labute approximate surface area is 152 Å². The number of hydrogen-bond acceptors (Lipinski definition) is 3. The zero-order chi connectivity index (χ0) is 18.3. The van der Waals surface area contributed by atoms with E-state index in [4.69, 9.17) is 0 Å². The van der Waals surface area contributed by atoms with Crippen molar-refractivity contribution in [3.8, 4) is 0 Å². The van der Waals surface area contributed by atoms with E-state index in [1.54, 1.807) is 18.7 Å². The van der Waals surface area contributed by atoms with Crippen molar-refractivity contribution in [2.45, 2.75) is 45.8 Å². The van der Waals surface area contributed by atoms with Crippen molar-refractivity contribution in [2.24, 2.45) is 5.92 Å².